The molecule has 8 atom stereocenters. The van der Waals surface area contributed by atoms with Crippen LogP contribution in [-0.2, 0) is 19.1 Å². The smallest absolute Gasteiger partial charge is 0.246 e. The predicted octanol–water partition coefficient (Wildman–Crippen LogP) is 4.37. The highest BCUT2D eigenvalue weighted by Crippen LogP contribution is 2.55. The van der Waals surface area contributed by atoms with Gasteiger partial charge in [-0.25, -0.2) is 0 Å². The molecule has 3 heterocycles. The van der Waals surface area contributed by atoms with Gasteiger partial charge in [-0.2, -0.15) is 0 Å². The van der Waals surface area contributed by atoms with Gasteiger partial charge < -0.3 is 25.2 Å². The molecule has 40 heavy (non-hydrogen) atoms. The summed E-state index contributed by atoms with van der Waals surface area (Å²) in [6.07, 6.45) is 6.22. The largest absolute Gasteiger partial charge is 0.359 e. The third-order valence-electron chi connectivity index (χ3n) is 9.64. The van der Waals surface area contributed by atoms with E-state index in [9.17, 15) is 14.4 Å². The summed E-state index contributed by atoms with van der Waals surface area (Å²) >= 11 is 12.3. The van der Waals surface area contributed by atoms with E-state index in [2.05, 4.69) is 43.2 Å². The molecule has 8 nitrogen and oxygen atoms in total. The average molecular weight is 592 g/mol. The summed E-state index contributed by atoms with van der Waals surface area (Å²) in [5.74, 6) is -1.49. The Morgan fingerprint density at radius 1 is 1.10 bits per heavy atom. The van der Waals surface area contributed by atoms with Gasteiger partial charge in [0.25, 0.3) is 0 Å². The van der Waals surface area contributed by atoms with Gasteiger partial charge in [-0.15, -0.1) is 0 Å². The molecule has 1 aromatic rings. The van der Waals surface area contributed by atoms with Crippen LogP contribution in [-0.4, -0.2) is 77.5 Å². The number of ether oxygens (including phenoxy) is 1. The number of nitrogens with one attached hydrogen (secondary N) is 2. The number of likely N-dealkylation sites (tertiary alicyclic amines) is 1. The summed E-state index contributed by atoms with van der Waals surface area (Å²) in [5, 5.41) is 6.97. The van der Waals surface area contributed by atoms with E-state index in [4.69, 9.17) is 27.9 Å². The Hall–Kier alpha value is -2.13. The second-order valence-corrected chi connectivity index (χ2v) is 12.7. The first-order valence-electron chi connectivity index (χ1n) is 14.6. The van der Waals surface area contributed by atoms with Crippen LogP contribution in [0.4, 0.5) is 5.69 Å². The highest BCUT2D eigenvalue weighted by atomic mass is 35.5. The van der Waals surface area contributed by atoms with E-state index in [0.29, 0.717) is 40.7 Å². The Morgan fingerprint density at radius 2 is 1.80 bits per heavy atom. The van der Waals surface area contributed by atoms with E-state index in [-0.39, 0.29) is 23.8 Å². The molecule has 4 aliphatic rings. The Bertz CT molecular complexity index is 1170. The topological polar surface area (TPSA) is 91.0 Å². The third kappa shape index (κ3) is 5.17. The fourth-order valence-electron chi connectivity index (χ4n) is 7.20. The van der Waals surface area contributed by atoms with E-state index in [1.807, 2.05) is 12.2 Å². The summed E-state index contributed by atoms with van der Waals surface area (Å²) in [5.41, 5.74) is -0.742. The molecule has 0 unspecified atom stereocenters. The standard InChI is InChI=1S/C30H40Cl2N4O4/c1-5-35(6-2)12-13-36-26(28(38)34-22-9-7-8-17(3)18(22)4)30-11-10-23(40-30)24(25(30)29(36)39)27(37)33-21-15-19(31)14-20(32)16-21/h10-11,14-18,22-26H,5-9,12-13H2,1-4H3,(H,33,37)(H,34,38)/t17-,18+,22+,23-,24+,25-,26-,30-/m0/s1. The average Bonchev–Trinajstić information content (AvgIpc) is 3.54. The summed E-state index contributed by atoms with van der Waals surface area (Å²) in [6.45, 7) is 11.3. The van der Waals surface area contributed by atoms with Crippen molar-refractivity contribution in [2.45, 2.75) is 70.7 Å². The molecule has 10 heteroatoms. The van der Waals surface area contributed by atoms with Crippen molar-refractivity contribution in [2.75, 3.05) is 31.5 Å². The minimum absolute atomic E-state index is 0.0423. The number of halogens is 2. The van der Waals surface area contributed by atoms with Crippen LogP contribution in [0.3, 0.4) is 0 Å². The van der Waals surface area contributed by atoms with Gasteiger partial charge in [-0.05, 0) is 49.5 Å². The lowest BCUT2D eigenvalue weighted by atomic mass is 9.73. The second kappa shape index (κ2) is 11.6. The first-order valence-corrected chi connectivity index (χ1v) is 15.3. The van der Waals surface area contributed by atoms with Gasteiger partial charge in [-0.1, -0.05) is 75.9 Å². The molecule has 2 N–H and O–H groups in total. The van der Waals surface area contributed by atoms with Crippen molar-refractivity contribution < 1.29 is 19.1 Å². The zero-order chi connectivity index (χ0) is 28.8. The molecule has 2 saturated heterocycles. The molecule has 1 aromatic carbocycles. The number of carbonyl (C=O) groups excluding carboxylic acids is 3. The summed E-state index contributed by atoms with van der Waals surface area (Å²) < 4.78 is 6.47. The van der Waals surface area contributed by atoms with Gasteiger partial charge in [0.05, 0.1) is 17.9 Å². The van der Waals surface area contributed by atoms with Crippen molar-refractivity contribution in [2.24, 2.45) is 23.7 Å². The molecule has 5 rings (SSSR count). The molecule has 0 radical (unpaired) electrons. The van der Waals surface area contributed by atoms with E-state index >= 15 is 0 Å². The molecule has 1 spiro atoms. The summed E-state index contributed by atoms with van der Waals surface area (Å²) in [4.78, 5) is 45.8. The number of benzene rings is 1. The molecule has 3 aliphatic heterocycles. The van der Waals surface area contributed by atoms with E-state index in [1.54, 1.807) is 23.1 Å². The van der Waals surface area contributed by atoms with Gasteiger partial charge in [0.1, 0.15) is 11.6 Å². The van der Waals surface area contributed by atoms with Crippen LogP contribution < -0.4 is 10.6 Å². The third-order valence-corrected chi connectivity index (χ3v) is 10.1. The lowest BCUT2D eigenvalue weighted by molar-refractivity contribution is -0.141. The number of amides is 3. The molecule has 218 valence electrons. The van der Waals surface area contributed by atoms with Crippen molar-refractivity contribution >= 4 is 46.6 Å². The van der Waals surface area contributed by atoms with Crippen LogP contribution in [0.5, 0.6) is 0 Å². The van der Waals surface area contributed by atoms with Gasteiger partial charge in [0.15, 0.2) is 0 Å². The monoisotopic (exact) mass is 590 g/mol. The molecular weight excluding hydrogens is 551 g/mol. The van der Waals surface area contributed by atoms with E-state index in [1.165, 1.54) is 0 Å². The van der Waals surface area contributed by atoms with Crippen molar-refractivity contribution in [3.63, 3.8) is 0 Å². The summed E-state index contributed by atoms with van der Waals surface area (Å²) in [7, 11) is 0. The zero-order valence-electron chi connectivity index (χ0n) is 23.7. The van der Waals surface area contributed by atoms with Gasteiger partial charge in [-0.3, -0.25) is 14.4 Å². The minimum atomic E-state index is -1.19. The van der Waals surface area contributed by atoms with Crippen LogP contribution in [0.15, 0.2) is 30.4 Å². The maximum Gasteiger partial charge on any atom is 0.246 e. The first-order chi connectivity index (χ1) is 19.1. The number of carbonyl (C=O) groups is 3. The van der Waals surface area contributed by atoms with E-state index in [0.717, 1.165) is 32.4 Å². The minimum Gasteiger partial charge on any atom is -0.359 e. The lowest BCUT2D eigenvalue weighted by Crippen LogP contribution is -2.58. The quantitative estimate of drug-likeness (QED) is 0.417. The maximum atomic E-state index is 14.2. The van der Waals surface area contributed by atoms with Crippen LogP contribution >= 0.6 is 23.2 Å². The number of hydrogen-bond donors (Lipinski definition) is 2. The number of rotatable bonds is 9. The van der Waals surface area contributed by atoms with Crippen LogP contribution in [0.2, 0.25) is 10.0 Å². The fourth-order valence-corrected chi connectivity index (χ4v) is 7.72. The van der Waals surface area contributed by atoms with Crippen molar-refractivity contribution in [3.8, 4) is 0 Å². The predicted molar refractivity (Wildman–Crippen MR) is 156 cm³/mol. The SMILES string of the molecule is CCN(CC)CCN1C(=O)[C@@H]2[C@H](C(=O)Nc3cc(Cl)cc(Cl)c3)[C@@H]3C=C[C@@]2(O3)[C@@H]1C(=O)N[C@@H]1CCC[C@H](C)[C@H]1C. The number of nitrogens with zero attached hydrogens (tertiary/aromatic N) is 2. The van der Waals surface area contributed by atoms with Crippen LogP contribution in [0.1, 0.15) is 47.0 Å². The zero-order valence-corrected chi connectivity index (χ0v) is 25.2. The van der Waals surface area contributed by atoms with Gasteiger partial charge >= 0.3 is 0 Å². The highest BCUT2D eigenvalue weighted by Gasteiger charge is 2.72. The summed E-state index contributed by atoms with van der Waals surface area (Å²) in [6, 6.07) is 4.01. The molecule has 1 aliphatic carbocycles. The maximum absolute atomic E-state index is 14.2. The molecular formula is C30H40Cl2N4O4. The molecule has 2 bridgehead atoms. The molecule has 3 amide bonds. The highest BCUT2D eigenvalue weighted by molar-refractivity contribution is 6.35. The number of likely N-dealkylation sites (N-methyl/N-ethyl adjacent to an activating group) is 1. The van der Waals surface area contributed by atoms with E-state index < -0.39 is 29.6 Å². The van der Waals surface area contributed by atoms with Crippen molar-refractivity contribution in [3.05, 3.63) is 40.4 Å². The number of anilines is 1. The Kier molecular flexibility index (Phi) is 8.54. The molecule has 3 fully saturated rings. The molecule has 0 aromatic heterocycles. The van der Waals surface area contributed by atoms with Crippen LogP contribution in [0.25, 0.3) is 0 Å². The molecule has 1 saturated carbocycles. The van der Waals surface area contributed by atoms with Crippen molar-refractivity contribution in [1.29, 1.82) is 0 Å². The Morgan fingerprint density at radius 3 is 2.48 bits per heavy atom. The Labute approximate surface area is 246 Å². The van der Waals surface area contributed by atoms with Gasteiger partial charge in [0.2, 0.25) is 17.7 Å². The normalized spacial score (nSPS) is 34.4. The van der Waals surface area contributed by atoms with Gasteiger partial charge in [0, 0.05) is 34.9 Å². The Balaban J connectivity index is 1.44. The lowest BCUT2D eigenvalue weighted by Gasteiger charge is -2.38. The van der Waals surface area contributed by atoms with Crippen molar-refractivity contribution in [1.82, 2.24) is 15.1 Å². The number of fused-ring (bicyclic) bond motifs is 1. The number of hydrogen-bond acceptors (Lipinski definition) is 5. The van der Waals surface area contributed by atoms with Crippen LogP contribution in [0, 0.1) is 23.7 Å². The first kappa shape index (κ1) is 29.4. The second-order valence-electron chi connectivity index (χ2n) is 11.8. The fraction of sp³-hybridized carbons (Fsp3) is 0.633.